The predicted octanol–water partition coefficient (Wildman–Crippen LogP) is 3.60. The number of morpholine rings is 1. The van der Waals surface area contributed by atoms with E-state index in [9.17, 15) is 9.59 Å². The Morgan fingerprint density at radius 1 is 1.08 bits per heavy atom. The molecule has 1 fully saturated rings. The van der Waals surface area contributed by atoms with Gasteiger partial charge in [0.25, 0.3) is 11.8 Å². The molecule has 0 radical (unpaired) electrons. The maximum absolute atomic E-state index is 13.1. The van der Waals surface area contributed by atoms with E-state index in [0.29, 0.717) is 59.7 Å². The number of halogens is 2. The lowest BCUT2D eigenvalue weighted by Crippen LogP contribution is -2.40. The number of carbonyl (C=O) groups is 2. The van der Waals surface area contributed by atoms with Crippen LogP contribution in [0.25, 0.3) is 5.57 Å². The van der Waals surface area contributed by atoms with Gasteiger partial charge in [0, 0.05) is 30.2 Å². The minimum atomic E-state index is -0.281. The summed E-state index contributed by atoms with van der Waals surface area (Å²) in [7, 11) is 0. The number of carbonyl (C=O) groups excluding carboxylic acids is 2. The van der Waals surface area contributed by atoms with E-state index in [1.165, 1.54) is 4.90 Å². The molecule has 140 valence electrons. The first kappa shape index (κ1) is 19.2. The molecule has 1 aromatic carbocycles. The number of imide groups is 1. The van der Waals surface area contributed by atoms with Gasteiger partial charge in [-0.05, 0) is 18.6 Å². The van der Waals surface area contributed by atoms with Crippen molar-refractivity contribution in [2.24, 2.45) is 0 Å². The fourth-order valence-electron chi connectivity index (χ4n) is 3.30. The number of ether oxygens (including phenoxy) is 1. The Morgan fingerprint density at radius 2 is 1.81 bits per heavy atom. The van der Waals surface area contributed by atoms with Gasteiger partial charge >= 0.3 is 0 Å². The summed E-state index contributed by atoms with van der Waals surface area (Å²) >= 11 is 12.4. The third-order valence-electron chi connectivity index (χ3n) is 4.66. The number of unbranched alkanes of at least 4 members (excludes halogenated alkanes) is 2. The summed E-state index contributed by atoms with van der Waals surface area (Å²) < 4.78 is 5.39. The van der Waals surface area contributed by atoms with Crippen molar-refractivity contribution in [3.8, 4) is 0 Å². The lowest BCUT2D eigenvalue weighted by atomic mass is 10.0. The van der Waals surface area contributed by atoms with E-state index in [4.69, 9.17) is 27.9 Å². The number of nitrogens with zero attached hydrogens (tertiary/aromatic N) is 2. The van der Waals surface area contributed by atoms with Gasteiger partial charge in [-0.3, -0.25) is 14.5 Å². The van der Waals surface area contributed by atoms with Crippen molar-refractivity contribution < 1.29 is 14.3 Å². The molecule has 0 atom stereocenters. The Bertz CT molecular complexity index is 742. The third-order valence-corrected chi connectivity index (χ3v) is 5.20. The Balaban J connectivity index is 2.02. The number of benzene rings is 1. The zero-order chi connectivity index (χ0) is 18.7. The molecule has 0 spiro atoms. The Labute approximate surface area is 163 Å². The van der Waals surface area contributed by atoms with Crippen LogP contribution in [0.15, 0.2) is 23.9 Å². The lowest BCUT2D eigenvalue weighted by Gasteiger charge is -2.29. The standard InChI is InChI=1S/C19H22Cl2N2O3/c1-2-3-4-7-23-18(24)16(14-6-5-13(20)12-15(14)21)17(19(23)25)22-8-10-26-11-9-22/h5-6,12H,2-4,7-11H2,1H3. The summed E-state index contributed by atoms with van der Waals surface area (Å²) in [6.07, 6.45) is 2.79. The second-order valence-corrected chi connectivity index (χ2v) is 7.26. The minimum Gasteiger partial charge on any atom is -0.378 e. The highest BCUT2D eigenvalue weighted by Crippen LogP contribution is 2.36. The normalized spacial score (nSPS) is 18.3. The molecular weight excluding hydrogens is 375 g/mol. The number of rotatable bonds is 6. The average molecular weight is 397 g/mol. The summed E-state index contributed by atoms with van der Waals surface area (Å²) in [4.78, 5) is 29.4. The Kier molecular flexibility index (Phi) is 6.22. The van der Waals surface area contributed by atoms with Gasteiger partial charge in [0.2, 0.25) is 0 Å². The monoisotopic (exact) mass is 396 g/mol. The van der Waals surface area contributed by atoms with Crippen LogP contribution in [0.1, 0.15) is 31.7 Å². The van der Waals surface area contributed by atoms with Crippen LogP contribution >= 0.6 is 23.2 Å². The van der Waals surface area contributed by atoms with E-state index in [-0.39, 0.29) is 11.8 Å². The highest BCUT2D eigenvalue weighted by atomic mass is 35.5. The van der Waals surface area contributed by atoms with Gasteiger partial charge in [0.05, 0.1) is 23.8 Å². The maximum atomic E-state index is 13.1. The third kappa shape index (κ3) is 3.75. The van der Waals surface area contributed by atoms with Crippen molar-refractivity contribution >= 4 is 40.6 Å². The first-order chi connectivity index (χ1) is 12.5. The molecule has 2 aliphatic heterocycles. The summed E-state index contributed by atoms with van der Waals surface area (Å²) in [6, 6.07) is 4.99. The number of hydrogen-bond acceptors (Lipinski definition) is 4. The molecule has 0 aromatic heterocycles. The molecule has 2 amide bonds. The van der Waals surface area contributed by atoms with Crippen molar-refractivity contribution in [1.29, 1.82) is 0 Å². The molecule has 7 heteroatoms. The summed E-state index contributed by atoms with van der Waals surface area (Å²) in [5.41, 5.74) is 1.35. The molecule has 0 bridgehead atoms. The van der Waals surface area contributed by atoms with Crippen molar-refractivity contribution in [1.82, 2.24) is 9.80 Å². The molecule has 0 N–H and O–H groups in total. The maximum Gasteiger partial charge on any atom is 0.277 e. The number of amides is 2. The van der Waals surface area contributed by atoms with Crippen molar-refractivity contribution in [3.05, 3.63) is 39.5 Å². The number of hydrogen-bond donors (Lipinski definition) is 0. The smallest absolute Gasteiger partial charge is 0.277 e. The predicted molar refractivity (Wildman–Crippen MR) is 102 cm³/mol. The van der Waals surface area contributed by atoms with Crippen LogP contribution in [-0.2, 0) is 14.3 Å². The molecule has 1 aromatic rings. The van der Waals surface area contributed by atoms with Crippen LogP contribution in [-0.4, -0.2) is 54.5 Å². The zero-order valence-electron chi connectivity index (χ0n) is 14.8. The molecule has 3 rings (SSSR count). The topological polar surface area (TPSA) is 49.9 Å². The van der Waals surface area contributed by atoms with Gasteiger partial charge in [-0.1, -0.05) is 49.0 Å². The zero-order valence-corrected chi connectivity index (χ0v) is 16.3. The summed E-state index contributed by atoms with van der Waals surface area (Å²) in [6.45, 7) is 4.72. The highest BCUT2D eigenvalue weighted by Gasteiger charge is 2.42. The van der Waals surface area contributed by atoms with E-state index in [1.54, 1.807) is 18.2 Å². The van der Waals surface area contributed by atoms with Crippen molar-refractivity contribution in [3.63, 3.8) is 0 Å². The quantitative estimate of drug-likeness (QED) is 0.544. The summed E-state index contributed by atoms with van der Waals surface area (Å²) in [5.74, 6) is -0.522. The van der Waals surface area contributed by atoms with Crippen LogP contribution in [0.5, 0.6) is 0 Å². The fraction of sp³-hybridized carbons (Fsp3) is 0.474. The van der Waals surface area contributed by atoms with Crippen molar-refractivity contribution in [2.45, 2.75) is 26.2 Å². The van der Waals surface area contributed by atoms with Crippen LogP contribution in [0.4, 0.5) is 0 Å². The van der Waals surface area contributed by atoms with Gasteiger partial charge in [0.15, 0.2) is 0 Å². The van der Waals surface area contributed by atoms with Gasteiger partial charge in [-0.15, -0.1) is 0 Å². The van der Waals surface area contributed by atoms with Crippen LogP contribution in [0, 0.1) is 0 Å². The first-order valence-electron chi connectivity index (χ1n) is 8.93. The average Bonchev–Trinajstić information content (AvgIpc) is 2.87. The second-order valence-electron chi connectivity index (χ2n) is 6.42. The molecule has 26 heavy (non-hydrogen) atoms. The minimum absolute atomic E-state index is 0.242. The first-order valence-corrected chi connectivity index (χ1v) is 9.68. The van der Waals surface area contributed by atoms with E-state index in [2.05, 4.69) is 6.92 Å². The van der Waals surface area contributed by atoms with E-state index in [1.807, 2.05) is 4.90 Å². The van der Waals surface area contributed by atoms with Gasteiger partial charge < -0.3 is 9.64 Å². The van der Waals surface area contributed by atoms with Crippen molar-refractivity contribution in [2.75, 3.05) is 32.8 Å². The highest BCUT2D eigenvalue weighted by molar-refractivity contribution is 6.41. The van der Waals surface area contributed by atoms with Crippen LogP contribution in [0.3, 0.4) is 0 Å². The Hall–Kier alpha value is -1.56. The van der Waals surface area contributed by atoms with Crippen LogP contribution < -0.4 is 0 Å². The fourth-order valence-corrected chi connectivity index (χ4v) is 3.80. The van der Waals surface area contributed by atoms with E-state index in [0.717, 1.165) is 19.3 Å². The largest absolute Gasteiger partial charge is 0.378 e. The van der Waals surface area contributed by atoms with Gasteiger partial charge in [-0.25, -0.2) is 0 Å². The lowest BCUT2D eigenvalue weighted by molar-refractivity contribution is -0.137. The SMILES string of the molecule is CCCCCN1C(=O)C(c2ccc(Cl)cc2Cl)=C(N2CCOCC2)C1=O. The molecule has 2 heterocycles. The molecule has 2 aliphatic rings. The molecule has 0 aliphatic carbocycles. The Morgan fingerprint density at radius 3 is 2.46 bits per heavy atom. The van der Waals surface area contributed by atoms with E-state index >= 15 is 0 Å². The summed E-state index contributed by atoms with van der Waals surface area (Å²) in [5, 5.41) is 0.860. The molecule has 0 unspecified atom stereocenters. The molecule has 5 nitrogen and oxygen atoms in total. The van der Waals surface area contributed by atoms with Gasteiger partial charge in [0.1, 0.15) is 5.70 Å². The van der Waals surface area contributed by atoms with Gasteiger partial charge in [-0.2, -0.15) is 0 Å². The molecule has 1 saturated heterocycles. The molecular formula is C19H22Cl2N2O3. The molecule has 0 saturated carbocycles. The van der Waals surface area contributed by atoms with Crippen LogP contribution in [0.2, 0.25) is 10.0 Å². The van der Waals surface area contributed by atoms with E-state index < -0.39 is 0 Å². The second kappa shape index (κ2) is 8.42.